The van der Waals surface area contributed by atoms with Crippen molar-refractivity contribution in [3.8, 4) is 0 Å². The molecule has 2 aliphatic rings. The Hall–Kier alpha value is 0.270. The predicted octanol–water partition coefficient (Wildman–Crippen LogP) is 1.18. The molecule has 0 radical (unpaired) electrons. The van der Waals surface area contributed by atoms with E-state index < -0.39 is 0 Å². The van der Waals surface area contributed by atoms with Crippen molar-refractivity contribution in [1.29, 1.82) is 0 Å². The third-order valence-electron chi connectivity index (χ3n) is 3.04. The van der Waals surface area contributed by atoms with Crippen molar-refractivity contribution in [1.82, 2.24) is 10.2 Å². The second-order valence-corrected chi connectivity index (χ2v) is 5.23. The summed E-state index contributed by atoms with van der Waals surface area (Å²) in [6.45, 7) is 5.11. The zero-order valence-corrected chi connectivity index (χ0v) is 9.11. The topological polar surface area (TPSA) is 15.3 Å². The Bertz CT molecular complexity index is 138. The Morgan fingerprint density at radius 2 is 2.15 bits per heavy atom. The molecule has 76 valence electrons. The molecule has 0 bridgehead atoms. The van der Waals surface area contributed by atoms with Gasteiger partial charge in [0.1, 0.15) is 0 Å². The number of hydrogen-bond acceptors (Lipinski definition) is 3. The summed E-state index contributed by atoms with van der Waals surface area (Å²) in [5.41, 5.74) is 0. The van der Waals surface area contributed by atoms with Crippen LogP contribution in [0.2, 0.25) is 0 Å². The number of nitrogens with one attached hydrogen (secondary N) is 1. The summed E-state index contributed by atoms with van der Waals surface area (Å²) in [5.74, 6) is 2.72. The van der Waals surface area contributed by atoms with E-state index in [1.54, 1.807) is 0 Å². The first-order chi connectivity index (χ1) is 6.47. The molecule has 0 aromatic rings. The van der Waals surface area contributed by atoms with Gasteiger partial charge in [0.2, 0.25) is 0 Å². The van der Waals surface area contributed by atoms with Crippen LogP contribution in [0.15, 0.2) is 0 Å². The third-order valence-corrected chi connectivity index (χ3v) is 4.09. The molecule has 2 saturated heterocycles. The van der Waals surface area contributed by atoms with Gasteiger partial charge in [0.05, 0.1) is 0 Å². The molecule has 0 aromatic heterocycles. The number of thioether (sulfide) groups is 1. The van der Waals surface area contributed by atoms with Gasteiger partial charge in [-0.05, 0) is 38.1 Å². The van der Waals surface area contributed by atoms with Crippen molar-refractivity contribution >= 4 is 11.8 Å². The van der Waals surface area contributed by atoms with E-state index in [2.05, 4.69) is 22.0 Å². The standard InChI is InChI=1S/C10H20N2S/c1-3-10(9-11-4-1)12-5-2-7-13-8-6-12/h10-11H,1-9H2. The first-order valence-electron chi connectivity index (χ1n) is 5.49. The summed E-state index contributed by atoms with van der Waals surface area (Å²) >= 11 is 2.12. The maximum Gasteiger partial charge on any atom is 0.0221 e. The van der Waals surface area contributed by atoms with Crippen LogP contribution in [0.1, 0.15) is 19.3 Å². The highest BCUT2D eigenvalue weighted by Gasteiger charge is 2.21. The molecule has 3 heteroatoms. The molecule has 2 rings (SSSR count). The summed E-state index contributed by atoms with van der Waals surface area (Å²) < 4.78 is 0. The quantitative estimate of drug-likeness (QED) is 0.684. The molecule has 0 spiro atoms. The summed E-state index contributed by atoms with van der Waals surface area (Å²) in [4.78, 5) is 2.70. The second kappa shape index (κ2) is 5.23. The normalized spacial score (nSPS) is 32.8. The van der Waals surface area contributed by atoms with E-state index in [-0.39, 0.29) is 0 Å². The van der Waals surface area contributed by atoms with Crippen LogP contribution in [0.4, 0.5) is 0 Å². The maximum absolute atomic E-state index is 3.50. The van der Waals surface area contributed by atoms with E-state index in [9.17, 15) is 0 Å². The summed E-state index contributed by atoms with van der Waals surface area (Å²) in [7, 11) is 0. The zero-order chi connectivity index (χ0) is 8.93. The lowest BCUT2D eigenvalue weighted by Gasteiger charge is -2.33. The second-order valence-electron chi connectivity index (χ2n) is 4.00. The number of piperidine rings is 1. The Labute approximate surface area is 85.4 Å². The Morgan fingerprint density at radius 1 is 1.15 bits per heavy atom. The highest BCUT2D eigenvalue weighted by Crippen LogP contribution is 2.16. The molecule has 0 aromatic carbocycles. The van der Waals surface area contributed by atoms with Crippen molar-refractivity contribution in [3.05, 3.63) is 0 Å². The first-order valence-corrected chi connectivity index (χ1v) is 6.65. The smallest absolute Gasteiger partial charge is 0.0221 e. The fourth-order valence-electron chi connectivity index (χ4n) is 2.28. The molecule has 1 N–H and O–H groups in total. The molecule has 2 aliphatic heterocycles. The average molecular weight is 200 g/mol. The van der Waals surface area contributed by atoms with Crippen molar-refractivity contribution in [2.75, 3.05) is 37.7 Å². The van der Waals surface area contributed by atoms with Gasteiger partial charge in [0.25, 0.3) is 0 Å². The highest BCUT2D eigenvalue weighted by atomic mass is 32.2. The molecule has 0 amide bonds. The van der Waals surface area contributed by atoms with Crippen LogP contribution in [-0.2, 0) is 0 Å². The molecule has 0 saturated carbocycles. The van der Waals surface area contributed by atoms with Crippen molar-refractivity contribution in [2.24, 2.45) is 0 Å². The van der Waals surface area contributed by atoms with Crippen LogP contribution in [0.5, 0.6) is 0 Å². The molecule has 2 nitrogen and oxygen atoms in total. The Balaban J connectivity index is 1.82. The van der Waals surface area contributed by atoms with Crippen molar-refractivity contribution in [2.45, 2.75) is 25.3 Å². The van der Waals surface area contributed by atoms with E-state index in [0.717, 1.165) is 6.04 Å². The van der Waals surface area contributed by atoms with Gasteiger partial charge >= 0.3 is 0 Å². The van der Waals surface area contributed by atoms with Crippen LogP contribution >= 0.6 is 11.8 Å². The van der Waals surface area contributed by atoms with Gasteiger partial charge in [0.15, 0.2) is 0 Å². The monoisotopic (exact) mass is 200 g/mol. The van der Waals surface area contributed by atoms with Crippen molar-refractivity contribution in [3.63, 3.8) is 0 Å². The summed E-state index contributed by atoms with van der Waals surface area (Å²) in [6.07, 6.45) is 4.17. The van der Waals surface area contributed by atoms with E-state index in [1.165, 1.54) is 56.9 Å². The largest absolute Gasteiger partial charge is 0.315 e. The maximum atomic E-state index is 3.50. The molecular weight excluding hydrogens is 180 g/mol. The predicted molar refractivity (Wildman–Crippen MR) is 59.4 cm³/mol. The van der Waals surface area contributed by atoms with E-state index in [0.29, 0.717) is 0 Å². The van der Waals surface area contributed by atoms with Gasteiger partial charge in [-0.2, -0.15) is 11.8 Å². The average Bonchev–Trinajstić information content (AvgIpc) is 2.47. The number of rotatable bonds is 1. The van der Waals surface area contributed by atoms with Gasteiger partial charge in [-0.25, -0.2) is 0 Å². The zero-order valence-electron chi connectivity index (χ0n) is 8.30. The summed E-state index contributed by atoms with van der Waals surface area (Å²) in [5, 5.41) is 3.50. The lowest BCUT2D eigenvalue weighted by Crippen LogP contribution is -2.46. The lowest BCUT2D eigenvalue weighted by molar-refractivity contribution is 0.178. The minimum Gasteiger partial charge on any atom is -0.315 e. The number of hydrogen-bond donors (Lipinski definition) is 1. The first kappa shape index (κ1) is 9.81. The fraction of sp³-hybridized carbons (Fsp3) is 1.00. The fourth-order valence-corrected chi connectivity index (χ4v) is 3.18. The van der Waals surface area contributed by atoms with Gasteiger partial charge in [-0.15, -0.1) is 0 Å². The molecule has 13 heavy (non-hydrogen) atoms. The molecule has 0 aliphatic carbocycles. The molecule has 1 unspecified atom stereocenters. The Kier molecular flexibility index (Phi) is 3.94. The SMILES string of the molecule is C1CNCC(N2CCCSCC2)C1. The molecule has 1 atom stereocenters. The van der Waals surface area contributed by atoms with Gasteiger partial charge in [-0.1, -0.05) is 0 Å². The molecular formula is C10H20N2S. The highest BCUT2D eigenvalue weighted by molar-refractivity contribution is 7.99. The van der Waals surface area contributed by atoms with E-state index in [4.69, 9.17) is 0 Å². The van der Waals surface area contributed by atoms with Crippen LogP contribution in [0.25, 0.3) is 0 Å². The van der Waals surface area contributed by atoms with Gasteiger partial charge in [0, 0.05) is 24.9 Å². The van der Waals surface area contributed by atoms with Gasteiger partial charge < -0.3 is 5.32 Å². The molecule has 2 fully saturated rings. The van der Waals surface area contributed by atoms with Crippen molar-refractivity contribution < 1.29 is 0 Å². The van der Waals surface area contributed by atoms with Gasteiger partial charge in [-0.3, -0.25) is 4.90 Å². The lowest BCUT2D eigenvalue weighted by atomic mass is 10.1. The van der Waals surface area contributed by atoms with Crippen LogP contribution < -0.4 is 5.32 Å². The molecule has 2 heterocycles. The van der Waals surface area contributed by atoms with Crippen LogP contribution in [0.3, 0.4) is 0 Å². The number of nitrogens with zero attached hydrogens (tertiary/aromatic N) is 1. The third kappa shape index (κ3) is 2.86. The summed E-state index contributed by atoms with van der Waals surface area (Å²) in [6, 6.07) is 0.840. The van der Waals surface area contributed by atoms with Crippen LogP contribution in [-0.4, -0.2) is 48.6 Å². The Morgan fingerprint density at radius 3 is 3.00 bits per heavy atom. The van der Waals surface area contributed by atoms with E-state index in [1.807, 2.05) is 0 Å². The van der Waals surface area contributed by atoms with Crippen LogP contribution in [0, 0.1) is 0 Å². The minimum atomic E-state index is 0.840. The van der Waals surface area contributed by atoms with E-state index >= 15 is 0 Å². The minimum absolute atomic E-state index is 0.840.